The molecule has 28 heavy (non-hydrogen) atoms. The van der Waals surface area contributed by atoms with Crippen molar-refractivity contribution < 1.29 is 19.5 Å². The first-order valence-corrected chi connectivity index (χ1v) is 10.9. The van der Waals surface area contributed by atoms with Crippen LogP contribution in [0.15, 0.2) is 0 Å². The maximum atomic E-state index is 9.87. The molecule has 1 aromatic rings. The number of hydrogen-bond acceptors (Lipinski definition) is 4. The van der Waals surface area contributed by atoms with Gasteiger partial charge >= 0.3 is 0 Å². The van der Waals surface area contributed by atoms with E-state index in [9.17, 15) is 5.26 Å². The van der Waals surface area contributed by atoms with E-state index in [2.05, 4.69) is 42.6 Å². The minimum atomic E-state index is 0.288. The summed E-state index contributed by atoms with van der Waals surface area (Å²) in [5.74, 6) is 1.92. The van der Waals surface area contributed by atoms with Gasteiger partial charge in [0.15, 0.2) is 0 Å². The third-order valence-electron chi connectivity index (χ3n) is 6.17. The number of fused-ring (bicyclic) bond motifs is 1. The first kappa shape index (κ1) is 20.8. The van der Waals surface area contributed by atoms with Crippen molar-refractivity contribution in [3.05, 3.63) is 16.7 Å². The summed E-state index contributed by atoms with van der Waals surface area (Å²) in [5.41, 5.74) is 3.26. The fourth-order valence-electron chi connectivity index (χ4n) is 4.31. The lowest BCUT2D eigenvalue weighted by Crippen LogP contribution is -3.12. The van der Waals surface area contributed by atoms with E-state index in [0.717, 1.165) is 88.9 Å². The molecule has 1 aromatic heterocycles. The number of hydrogen-bond donors (Lipinski definition) is 4. The summed E-state index contributed by atoms with van der Waals surface area (Å²) in [4.78, 5) is 6.57. The Morgan fingerprint density at radius 2 is 2.07 bits per heavy atom. The molecule has 0 bridgehead atoms. The van der Waals surface area contributed by atoms with Crippen LogP contribution in [0, 0.1) is 11.3 Å². The van der Waals surface area contributed by atoms with Crippen LogP contribution in [0.5, 0.6) is 0 Å². The maximum Gasteiger partial charge on any atom is 0.237 e. The Balaban J connectivity index is 1.81. The van der Waals surface area contributed by atoms with E-state index in [0.29, 0.717) is 0 Å². The topological polar surface area (TPSA) is 80.1 Å². The summed E-state index contributed by atoms with van der Waals surface area (Å²) in [6, 6.07) is 2.47. The smallest absolute Gasteiger partial charge is 0.237 e. The normalized spacial score (nSPS) is 21.4. The highest BCUT2D eigenvalue weighted by molar-refractivity contribution is 5.60. The van der Waals surface area contributed by atoms with Crippen molar-refractivity contribution in [1.82, 2.24) is 0 Å². The molecular weight excluding hydrogens is 352 g/mol. The van der Waals surface area contributed by atoms with Gasteiger partial charge in [0.2, 0.25) is 11.6 Å². The lowest BCUT2D eigenvalue weighted by molar-refractivity contribution is -0.895. The third-order valence-corrected chi connectivity index (χ3v) is 6.17. The van der Waals surface area contributed by atoms with Crippen LogP contribution in [-0.4, -0.2) is 59.0 Å². The molecule has 2 atom stereocenters. The number of pyridine rings is 1. The SMILES string of the molecule is CC[NH+](CC)CCNc1[nH+]c(NC[C@@H]2CCCO2)c2c(c1C#N)CC[NH+](C)C2. The second kappa shape index (κ2) is 10.1. The van der Waals surface area contributed by atoms with E-state index in [1.165, 1.54) is 16.0 Å². The van der Waals surface area contributed by atoms with Gasteiger partial charge in [0, 0.05) is 13.0 Å². The molecule has 3 rings (SSSR count). The van der Waals surface area contributed by atoms with E-state index >= 15 is 0 Å². The van der Waals surface area contributed by atoms with Crippen LogP contribution >= 0.6 is 0 Å². The monoisotopic (exact) mass is 389 g/mol. The molecule has 0 radical (unpaired) electrons. The van der Waals surface area contributed by atoms with Crippen molar-refractivity contribution in [3.63, 3.8) is 0 Å². The van der Waals surface area contributed by atoms with Gasteiger partial charge in [0.05, 0.1) is 44.9 Å². The van der Waals surface area contributed by atoms with Gasteiger partial charge in [-0.2, -0.15) is 5.26 Å². The van der Waals surface area contributed by atoms with Gasteiger partial charge in [-0.25, -0.2) is 4.98 Å². The van der Waals surface area contributed by atoms with Gasteiger partial charge in [0.25, 0.3) is 0 Å². The Morgan fingerprint density at radius 3 is 2.75 bits per heavy atom. The van der Waals surface area contributed by atoms with Gasteiger partial charge < -0.3 is 19.9 Å². The van der Waals surface area contributed by atoms with Crippen LogP contribution in [0.1, 0.15) is 43.4 Å². The maximum absolute atomic E-state index is 9.87. The molecule has 3 heterocycles. The molecule has 0 aromatic carbocycles. The second-order valence-electron chi connectivity index (χ2n) is 8.10. The predicted octanol–water partition coefficient (Wildman–Crippen LogP) is -1.13. The standard InChI is InChI=1S/C21H34N6O/c1-4-27(5-2)11-9-23-20-18(13-22)17-8-10-26(3)15-19(17)21(25-20)24-14-16-7-6-12-28-16/h16H,4-12,14-15H2,1-3H3,(H2,23,24,25)/p+3/t16-/m0/s1. The van der Waals surface area contributed by atoms with Crippen molar-refractivity contribution >= 4 is 11.6 Å². The van der Waals surface area contributed by atoms with Gasteiger partial charge in [-0.1, -0.05) is 0 Å². The number of H-pyrrole nitrogens is 1. The number of nitrogens with one attached hydrogen (secondary N) is 5. The number of ether oxygens (including phenoxy) is 1. The highest BCUT2D eigenvalue weighted by Crippen LogP contribution is 2.25. The largest absolute Gasteiger partial charge is 0.375 e. The highest BCUT2D eigenvalue weighted by atomic mass is 16.5. The molecule has 0 aliphatic carbocycles. The average Bonchev–Trinajstić information content (AvgIpc) is 3.23. The van der Waals surface area contributed by atoms with Crippen molar-refractivity contribution in [1.29, 1.82) is 5.26 Å². The molecule has 7 nitrogen and oxygen atoms in total. The Bertz CT molecular complexity index is 691. The van der Waals surface area contributed by atoms with Gasteiger partial charge in [-0.05, 0) is 32.3 Å². The Morgan fingerprint density at radius 1 is 1.25 bits per heavy atom. The molecule has 2 aliphatic heterocycles. The molecule has 5 N–H and O–H groups in total. The summed E-state index contributed by atoms with van der Waals surface area (Å²) in [5, 5.41) is 17.0. The van der Waals surface area contributed by atoms with E-state index in [4.69, 9.17) is 4.74 Å². The molecule has 0 amide bonds. The van der Waals surface area contributed by atoms with Crippen molar-refractivity contribution in [3.8, 4) is 6.07 Å². The van der Waals surface area contributed by atoms with Gasteiger partial charge in [-0.15, -0.1) is 0 Å². The number of aromatic amines is 1. The average molecular weight is 390 g/mol. The Labute approximate surface area is 169 Å². The predicted molar refractivity (Wildman–Crippen MR) is 110 cm³/mol. The first-order valence-electron chi connectivity index (χ1n) is 10.9. The lowest BCUT2D eigenvalue weighted by Gasteiger charge is -2.25. The summed E-state index contributed by atoms with van der Waals surface area (Å²) in [7, 11) is 2.22. The number of rotatable bonds is 9. The van der Waals surface area contributed by atoms with Crippen LogP contribution in [0.4, 0.5) is 11.6 Å². The van der Waals surface area contributed by atoms with Crippen molar-refractivity contribution in [2.75, 3.05) is 63.6 Å². The minimum absolute atomic E-state index is 0.288. The molecule has 0 saturated carbocycles. The summed E-state index contributed by atoms with van der Waals surface area (Å²) < 4.78 is 5.78. The molecule has 1 fully saturated rings. The molecule has 2 aliphatic rings. The zero-order chi connectivity index (χ0) is 19.9. The highest BCUT2D eigenvalue weighted by Gasteiger charge is 2.29. The number of quaternary nitrogens is 2. The van der Waals surface area contributed by atoms with E-state index in [-0.39, 0.29) is 6.10 Å². The van der Waals surface area contributed by atoms with Crippen LogP contribution in [0.25, 0.3) is 0 Å². The summed E-state index contributed by atoms with van der Waals surface area (Å²) >= 11 is 0. The van der Waals surface area contributed by atoms with Crippen LogP contribution in [0.2, 0.25) is 0 Å². The van der Waals surface area contributed by atoms with E-state index < -0.39 is 0 Å². The van der Waals surface area contributed by atoms with E-state index in [1.807, 2.05) is 0 Å². The molecule has 0 spiro atoms. The zero-order valence-corrected chi connectivity index (χ0v) is 17.7. The second-order valence-corrected chi connectivity index (χ2v) is 8.10. The number of anilines is 2. The van der Waals surface area contributed by atoms with Crippen LogP contribution in [0.3, 0.4) is 0 Å². The fraction of sp³-hybridized carbons (Fsp3) is 0.714. The van der Waals surface area contributed by atoms with Crippen molar-refractivity contribution in [2.24, 2.45) is 0 Å². The number of nitrogens with zero attached hydrogens (tertiary/aromatic N) is 1. The summed E-state index contributed by atoms with van der Waals surface area (Å²) in [6.45, 7) is 12.3. The van der Waals surface area contributed by atoms with Crippen LogP contribution < -0.4 is 25.4 Å². The van der Waals surface area contributed by atoms with Crippen LogP contribution in [-0.2, 0) is 17.7 Å². The quantitative estimate of drug-likeness (QED) is 0.431. The molecular formula is C21H37N6O+3. The van der Waals surface area contributed by atoms with Crippen molar-refractivity contribution in [2.45, 2.75) is 45.8 Å². The molecule has 1 unspecified atom stereocenters. The zero-order valence-electron chi connectivity index (χ0n) is 17.7. The minimum Gasteiger partial charge on any atom is -0.375 e. The molecule has 7 heteroatoms. The first-order chi connectivity index (χ1) is 13.7. The number of nitriles is 1. The van der Waals surface area contributed by atoms with E-state index in [1.54, 1.807) is 4.90 Å². The molecule has 154 valence electrons. The van der Waals surface area contributed by atoms with Gasteiger partial charge in [-0.3, -0.25) is 5.32 Å². The lowest BCUT2D eigenvalue weighted by atomic mass is 9.96. The Hall–Kier alpha value is -1.88. The molecule has 1 saturated heterocycles. The fourth-order valence-corrected chi connectivity index (χ4v) is 4.31. The van der Waals surface area contributed by atoms with Gasteiger partial charge in [0.1, 0.15) is 31.3 Å². The number of aromatic nitrogens is 1. The number of likely N-dealkylation sites (N-methyl/N-ethyl adjacent to an activating group) is 2. The Kier molecular flexibility index (Phi) is 7.49. The summed E-state index contributed by atoms with van der Waals surface area (Å²) in [6.07, 6.45) is 3.50. The third kappa shape index (κ3) is 4.93.